The number of hydrogen-bond donors (Lipinski definition) is 3. The Bertz CT molecular complexity index is 190. The van der Waals surface area contributed by atoms with Crippen molar-refractivity contribution in [2.45, 2.75) is 0 Å². The van der Waals surface area contributed by atoms with Crippen LogP contribution >= 0.6 is 0 Å². The summed E-state index contributed by atoms with van der Waals surface area (Å²) in [6.45, 7) is -1.80. The van der Waals surface area contributed by atoms with Crippen LogP contribution in [-0.2, 0) is 14.4 Å². The zero-order valence-electron chi connectivity index (χ0n) is 8.13. The van der Waals surface area contributed by atoms with Gasteiger partial charge < -0.3 is 31.7 Å². The van der Waals surface area contributed by atoms with Crippen LogP contribution in [0.4, 0.5) is 0 Å². The van der Waals surface area contributed by atoms with Gasteiger partial charge in [-0.3, -0.25) is 19.3 Å². The molecule has 0 aliphatic carbocycles. The van der Waals surface area contributed by atoms with Crippen LogP contribution in [0.25, 0.3) is 0 Å². The highest BCUT2D eigenvalue weighted by atomic mass is 16.4. The van der Waals surface area contributed by atoms with E-state index in [1.165, 1.54) is 0 Å². The van der Waals surface area contributed by atoms with E-state index in [0.717, 1.165) is 4.90 Å². The fourth-order valence-corrected chi connectivity index (χ4v) is 0.742. The third kappa shape index (κ3) is 14.8. The second-order valence-corrected chi connectivity index (χ2v) is 2.33. The maximum absolute atomic E-state index is 10.1. The average Bonchev–Trinajstić information content (AvgIpc) is 1.80. The molecule has 0 amide bonds. The molecule has 98 valence electrons. The standard InChI is InChI=1S/C6H9NO6.3H2O/c8-4(9)1-7(2-5(10)11)3-6(12)13;;;/h1-3H2,(H,8,9)(H,10,11)(H,12,13);3*1H2. The van der Waals surface area contributed by atoms with Gasteiger partial charge in [-0.05, 0) is 0 Å². The lowest BCUT2D eigenvalue weighted by Gasteiger charge is -2.14. The largest absolute Gasteiger partial charge is 0.480 e. The molecule has 0 aliphatic rings. The van der Waals surface area contributed by atoms with Crippen LogP contribution in [0, 0.1) is 0 Å². The van der Waals surface area contributed by atoms with Crippen LogP contribution in [0.5, 0.6) is 0 Å². The van der Waals surface area contributed by atoms with Crippen LogP contribution in [0.15, 0.2) is 0 Å². The third-order valence-corrected chi connectivity index (χ3v) is 1.08. The first kappa shape index (κ1) is 23.8. The SMILES string of the molecule is O.O.O.O=C(O)CN(CC(=O)O)CC(=O)O. The predicted molar refractivity (Wildman–Crippen MR) is 50.2 cm³/mol. The van der Waals surface area contributed by atoms with Crippen molar-refractivity contribution >= 4 is 17.9 Å². The van der Waals surface area contributed by atoms with Gasteiger partial charge in [0.25, 0.3) is 0 Å². The minimum Gasteiger partial charge on any atom is -0.480 e. The molecule has 0 saturated heterocycles. The van der Waals surface area contributed by atoms with Crippen LogP contribution in [0.1, 0.15) is 0 Å². The van der Waals surface area contributed by atoms with Gasteiger partial charge >= 0.3 is 17.9 Å². The highest BCUT2D eigenvalue weighted by Gasteiger charge is 2.15. The molecule has 0 atom stereocenters. The Kier molecular flexibility index (Phi) is 16.9. The highest BCUT2D eigenvalue weighted by molar-refractivity contribution is 5.75. The van der Waals surface area contributed by atoms with Crippen molar-refractivity contribution in [3.63, 3.8) is 0 Å². The molecule has 0 aromatic heterocycles. The highest BCUT2D eigenvalue weighted by Crippen LogP contribution is 1.87. The van der Waals surface area contributed by atoms with Crippen molar-refractivity contribution in [1.82, 2.24) is 4.90 Å². The first-order valence-electron chi connectivity index (χ1n) is 3.29. The number of carboxylic acid groups (broad SMARTS) is 3. The van der Waals surface area contributed by atoms with E-state index in [0.29, 0.717) is 0 Å². The number of carboxylic acids is 3. The van der Waals surface area contributed by atoms with Crippen molar-refractivity contribution in [2.75, 3.05) is 19.6 Å². The summed E-state index contributed by atoms with van der Waals surface area (Å²) in [7, 11) is 0. The van der Waals surface area contributed by atoms with E-state index in [9.17, 15) is 14.4 Å². The van der Waals surface area contributed by atoms with E-state index in [4.69, 9.17) is 15.3 Å². The third-order valence-electron chi connectivity index (χ3n) is 1.08. The van der Waals surface area contributed by atoms with E-state index < -0.39 is 37.5 Å². The Morgan fingerprint density at radius 3 is 1.00 bits per heavy atom. The lowest BCUT2D eigenvalue weighted by molar-refractivity contribution is -0.144. The zero-order valence-corrected chi connectivity index (χ0v) is 8.13. The lowest BCUT2D eigenvalue weighted by atomic mass is 10.4. The minimum absolute atomic E-state index is 0. The Morgan fingerprint density at radius 2 is 0.875 bits per heavy atom. The van der Waals surface area contributed by atoms with E-state index in [-0.39, 0.29) is 16.4 Å². The maximum atomic E-state index is 10.1. The van der Waals surface area contributed by atoms with Crippen molar-refractivity contribution in [1.29, 1.82) is 0 Å². The zero-order chi connectivity index (χ0) is 10.4. The van der Waals surface area contributed by atoms with Gasteiger partial charge in [-0.15, -0.1) is 0 Å². The molecule has 0 heterocycles. The fourth-order valence-electron chi connectivity index (χ4n) is 0.742. The molecule has 0 unspecified atom stereocenters. The lowest BCUT2D eigenvalue weighted by Crippen LogP contribution is -2.38. The summed E-state index contributed by atoms with van der Waals surface area (Å²) in [6, 6.07) is 0. The molecular formula is C6H15NO9. The molecule has 0 aromatic carbocycles. The topological polar surface area (TPSA) is 210 Å². The number of aliphatic carboxylic acids is 3. The molecule has 0 rings (SSSR count). The van der Waals surface area contributed by atoms with Gasteiger partial charge in [-0.1, -0.05) is 0 Å². The minimum atomic E-state index is -1.26. The van der Waals surface area contributed by atoms with Gasteiger partial charge in [-0.2, -0.15) is 0 Å². The van der Waals surface area contributed by atoms with Crippen LogP contribution in [0.3, 0.4) is 0 Å². The smallest absolute Gasteiger partial charge is 0.317 e. The molecular weight excluding hydrogens is 230 g/mol. The molecule has 9 N–H and O–H groups in total. The summed E-state index contributed by atoms with van der Waals surface area (Å²) < 4.78 is 0. The summed E-state index contributed by atoms with van der Waals surface area (Å²) in [5, 5.41) is 24.8. The van der Waals surface area contributed by atoms with Crippen molar-refractivity contribution < 1.29 is 46.1 Å². The Labute approximate surface area is 89.6 Å². The van der Waals surface area contributed by atoms with Crippen molar-refractivity contribution in [3.05, 3.63) is 0 Å². The average molecular weight is 245 g/mol. The molecule has 0 fully saturated rings. The molecule has 0 radical (unpaired) electrons. The van der Waals surface area contributed by atoms with E-state index in [1.54, 1.807) is 0 Å². The van der Waals surface area contributed by atoms with E-state index in [1.807, 2.05) is 0 Å². The summed E-state index contributed by atoms with van der Waals surface area (Å²) in [5.74, 6) is -3.78. The van der Waals surface area contributed by atoms with E-state index in [2.05, 4.69) is 0 Å². The van der Waals surface area contributed by atoms with Gasteiger partial charge in [0.05, 0.1) is 19.6 Å². The molecule has 0 aromatic rings. The Balaban J connectivity index is -0.000000240. The fraction of sp³-hybridized carbons (Fsp3) is 0.500. The molecule has 0 saturated carbocycles. The van der Waals surface area contributed by atoms with Gasteiger partial charge in [0.1, 0.15) is 0 Å². The van der Waals surface area contributed by atoms with Crippen LogP contribution < -0.4 is 0 Å². The normalized spacial score (nSPS) is 8.06. The van der Waals surface area contributed by atoms with Crippen molar-refractivity contribution in [2.24, 2.45) is 0 Å². The first-order chi connectivity index (χ1) is 5.91. The maximum Gasteiger partial charge on any atom is 0.317 e. The van der Waals surface area contributed by atoms with Gasteiger partial charge in [-0.25, -0.2) is 0 Å². The van der Waals surface area contributed by atoms with Crippen LogP contribution in [-0.4, -0.2) is 74.2 Å². The molecule has 0 aliphatic heterocycles. The second-order valence-electron chi connectivity index (χ2n) is 2.33. The number of carbonyl (C=O) groups is 3. The van der Waals surface area contributed by atoms with Crippen LogP contribution in [0.2, 0.25) is 0 Å². The second kappa shape index (κ2) is 11.3. The summed E-state index contributed by atoms with van der Waals surface area (Å²) in [4.78, 5) is 31.2. The molecule has 10 nitrogen and oxygen atoms in total. The quantitative estimate of drug-likeness (QED) is 0.422. The first-order valence-corrected chi connectivity index (χ1v) is 3.29. The van der Waals surface area contributed by atoms with Crippen molar-refractivity contribution in [3.8, 4) is 0 Å². The number of hydrogen-bond acceptors (Lipinski definition) is 4. The monoisotopic (exact) mass is 245 g/mol. The Morgan fingerprint density at radius 1 is 0.688 bits per heavy atom. The predicted octanol–water partition coefficient (Wildman–Crippen LogP) is -3.93. The van der Waals surface area contributed by atoms with Gasteiger partial charge in [0.2, 0.25) is 0 Å². The molecule has 10 heteroatoms. The number of rotatable bonds is 6. The van der Waals surface area contributed by atoms with Gasteiger partial charge in [0.15, 0.2) is 0 Å². The summed E-state index contributed by atoms with van der Waals surface area (Å²) in [5.41, 5.74) is 0. The Hall–Kier alpha value is -1.75. The van der Waals surface area contributed by atoms with E-state index >= 15 is 0 Å². The summed E-state index contributed by atoms with van der Waals surface area (Å²) >= 11 is 0. The molecule has 0 spiro atoms. The molecule has 0 bridgehead atoms. The van der Waals surface area contributed by atoms with Gasteiger partial charge in [0, 0.05) is 0 Å². The number of nitrogens with zero attached hydrogens (tertiary/aromatic N) is 1. The molecule has 16 heavy (non-hydrogen) atoms. The summed E-state index contributed by atoms with van der Waals surface area (Å²) in [6.07, 6.45) is 0.